The Bertz CT molecular complexity index is 1640. The molecule has 0 spiro atoms. The normalized spacial score (nSPS) is 18.8. The third-order valence-electron chi connectivity index (χ3n) is 7.09. The first-order chi connectivity index (χ1) is 20.4. The minimum atomic E-state index is -0.597. The van der Waals surface area contributed by atoms with E-state index >= 15 is 0 Å². The van der Waals surface area contributed by atoms with Crippen LogP contribution in [0.4, 0.5) is 0 Å². The Morgan fingerprint density at radius 1 is 1.07 bits per heavy atom. The quantitative estimate of drug-likeness (QED) is 0.373. The lowest BCUT2D eigenvalue weighted by atomic mass is 10.1. The van der Waals surface area contributed by atoms with Gasteiger partial charge in [0.2, 0.25) is 5.78 Å². The highest BCUT2D eigenvalue weighted by Gasteiger charge is 2.39. The van der Waals surface area contributed by atoms with Crippen molar-refractivity contribution in [2.45, 2.75) is 18.7 Å². The molecule has 5 heterocycles. The second kappa shape index (κ2) is 11.3. The molecule has 0 saturated carbocycles. The predicted octanol–water partition coefficient (Wildman–Crippen LogP) is 1.46. The van der Waals surface area contributed by atoms with Crippen molar-refractivity contribution >= 4 is 23.5 Å². The van der Waals surface area contributed by atoms with E-state index in [1.54, 1.807) is 64.3 Å². The first kappa shape index (κ1) is 26.9. The Morgan fingerprint density at radius 2 is 1.95 bits per heavy atom. The van der Waals surface area contributed by atoms with Crippen molar-refractivity contribution in [3.8, 4) is 23.0 Å². The van der Waals surface area contributed by atoms with Crippen molar-refractivity contribution < 1.29 is 33.3 Å². The smallest absolute Gasteiger partial charge is 0.274 e. The first-order valence-electron chi connectivity index (χ1n) is 13.2. The first-order valence-corrected chi connectivity index (χ1v) is 13.2. The van der Waals surface area contributed by atoms with Crippen LogP contribution in [0.3, 0.4) is 0 Å². The standard InChI is InChI=1S/C29H28N6O7/c1-39-20-8-18-9-21(10-20)41-16-26(36)31-12-17-4-5-19(11-24(17)40-2)42-25-15-35(13-22(25)32-27(18)37)28(38)23-14-34-7-3-6-30-29(34)33-23/h3-11,14,22,25H,12-13,15-16H2,1-2H3,(H,31,36)(H,32,37)/t22-,25-/m0/s1. The number of aromatic nitrogens is 3. The fourth-order valence-electron chi connectivity index (χ4n) is 4.96. The minimum absolute atomic E-state index is 0.178. The zero-order chi connectivity index (χ0) is 29.2. The van der Waals surface area contributed by atoms with Gasteiger partial charge < -0.3 is 34.5 Å². The van der Waals surface area contributed by atoms with Crippen LogP contribution < -0.4 is 29.6 Å². The Morgan fingerprint density at radius 3 is 2.76 bits per heavy atom. The number of carbonyl (C=O) groups is 3. The third-order valence-corrected chi connectivity index (χ3v) is 7.09. The SMILES string of the molecule is COc1cc2cc(c1)C(=O)N[C@H]1CN(C(=O)c3cn4cccnc4n3)C[C@@H]1Oc1ccc(c(OC)c1)CNC(=O)CO2. The number of ether oxygens (including phenoxy) is 4. The van der Waals surface area contributed by atoms with Crippen molar-refractivity contribution in [1.29, 1.82) is 0 Å². The molecular weight excluding hydrogens is 544 g/mol. The van der Waals surface area contributed by atoms with E-state index in [0.717, 1.165) is 5.56 Å². The molecule has 0 unspecified atom stereocenters. The lowest BCUT2D eigenvalue weighted by molar-refractivity contribution is -0.123. The number of amides is 3. The monoisotopic (exact) mass is 572 g/mol. The molecule has 2 N–H and O–H groups in total. The Labute approximate surface area is 240 Å². The largest absolute Gasteiger partial charge is 0.497 e. The highest BCUT2D eigenvalue weighted by Crippen LogP contribution is 2.28. The van der Waals surface area contributed by atoms with E-state index in [-0.39, 0.29) is 55.1 Å². The average molecular weight is 573 g/mol. The zero-order valence-corrected chi connectivity index (χ0v) is 22.9. The van der Waals surface area contributed by atoms with Crippen LogP contribution >= 0.6 is 0 Å². The second-order valence-corrected chi connectivity index (χ2v) is 9.84. The molecule has 42 heavy (non-hydrogen) atoms. The number of likely N-dealkylation sites (tertiary alicyclic amines) is 1. The number of methoxy groups -OCH3 is 2. The van der Waals surface area contributed by atoms with Crippen LogP contribution in [0.2, 0.25) is 0 Å². The number of fused-ring (bicyclic) bond motifs is 8. The zero-order valence-electron chi connectivity index (χ0n) is 22.9. The van der Waals surface area contributed by atoms with Gasteiger partial charge in [-0.1, -0.05) is 0 Å². The summed E-state index contributed by atoms with van der Waals surface area (Å²) in [7, 11) is 3.00. The van der Waals surface area contributed by atoms with Gasteiger partial charge >= 0.3 is 0 Å². The molecule has 13 nitrogen and oxygen atoms in total. The molecule has 13 heteroatoms. The summed E-state index contributed by atoms with van der Waals surface area (Å²) in [5.41, 5.74) is 1.23. The van der Waals surface area contributed by atoms with Crippen LogP contribution in [-0.2, 0) is 11.3 Å². The molecule has 0 radical (unpaired) electrons. The fourth-order valence-corrected chi connectivity index (χ4v) is 4.96. The van der Waals surface area contributed by atoms with Crippen LogP contribution in [-0.4, -0.2) is 83.1 Å². The van der Waals surface area contributed by atoms with Crippen molar-refractivity contribution in [3.63, 3.8) is 0 Å². The summed E-state index contributed by atoms with van der Waals surface area (Å²) in [5.74, 6) is 0.985. The summed E-state index contributed by atoms with van der Waals surface area (Å²) >= 11 is 0. The van der Waals surface area contributed by atoms with Gasteiger partial charge in [-0.3, -0.25) is 18.8 Å². The van der Waals surface area contributed by atoms with Crippen molar-refractivity contribution in [1.82, 2.24) is 29.9 Å². The molecule has 1 fully saturated rings. The van der Waals surface area contributed by atoms with Crippen molar-refractivity contribution in [2.24, 2.45) is 0 Å². The highest BCUT2D eigenvalue weighted by molar-refractivity contribution is 5.96. The highest BCUT2D eigenvalue weighted by atomic mass is 16.5. The molecule has 4 aromatic rings. The molecule has 216 valence electrons. The maximum Gasteiger partial charge on any atom is 0.274 e. The average Bonchev–Trinajstić information content (AvgIpc) is 3.62. The molecule has 7 rings (SSSR count). The van der Waals surface area contributed by atoms with E-state index in [1.807, 2.05) is 0 Å². The fraction of sp³-hybridized carbons (Fsp3) is 0.276. The van der Waals surface area contributed by atoms with E-state index < -0.39 is 18.1 Å². The van der Waals surface area contributed by atoms with E-state index in [0.29, 0.717) is 23.0 Å². The van der Waals surface area contributed by atoms with Crippen LogP contribution in [0.1, 0.15) is 26.4 Å². The van der Waals surface area contributed by atoms with Gasteiger partial charge in [0, 0.05) is 54.9 Å². The number of imidazole rings is 1. The molecule has 1 saturated heterocycles. The van der Waals surface area contributed by atoms with Crippen LogP contribution in [0.25, 0.3) is 5.78 Å². The van der Waals surface area contributed by atoms with Gasteiger partial charge in [-0.05, 0) is 30.3 Å². The van der Waals surface area contributed by atoms with Gasteiger partial charge in [-0.2, -0.15) is 0 Å². The van der Waals surface area contributed by atoms with Crippen LogP contribution in [0, 0.1) is 0 Å². The molecule has 3 aliphatic rings. The van der Waals surface area contributed by atoms with E-state index in [4.69, 9.17) is 18.9 Å². The van der Waals surface area contributed by atoms with Gasteiger partial charge in [0.05, 0.1) is 26.8 Å². The summed E-state index contributed by atoms with van der Waals surface area (Å²) in [6.07, 6.45) is 4.39. The maximum absolute atomic E-state index is 13.5. The third kappa shape index (κ3) is 5.48. The Balaban J connectivity index is 1.33. The number of carbonyl (C=O) groups excluding carboxylic acids is 3. The molecule has 3 aliphatic heterocycles. The molecule has 3 amide bonds. The second-order valence-electron chi connectivity index (χ2n) is 9.84. The molecule has 2 aromatic carbocycles. The van der Waals surface area contributed by atoms with Crippen molar-refractivity contribution in [2.75, 3.05) is 33.9 Å². The van der Waals surface area contributed by atoms with Gasteiger partial charge in [-0.25, -0.2) is 9.97 Å². The van der Waals surface area contributed by atoms with Gasteiger partial charge in [-0.15, -0.1) is 0 Å². The maximum atomic E-state index is 13.5. The minimum Gasteiger partial charge on any atom is -0.497 e. The Hall–Kier alpha value is -5.33. The van der Waals surface area contributed by atoms with E-state index in [9.17, 15) is 14.4 Å². The molecule has 2 atom stereocenters. The summed E-state index contributed by atoms with van der Waals surface area (Å²) < 4.78 is 24.6. The summed E-state index contributed by atoms with van der Waals surface area (Å²) in [4.78, 5) is 49.6. The van der Waals surface area contributed by atoms with Gasteiger partial charge in [0.25, 0.3) is 17.7 Å². The number of nitrogens with zero attached hydrogens (tertiary/aromatic N) is 4. The van der Waals surface area contributed by atoms with E-state index in [1.165, 1.54) is 20.3 Å². The summed E-state index contributed by atoms with van der Waals surface area (Å²) in [6, 6.07) is 11.1. The van der Waals surface area contributed by atoms with E-state index in [2.05, 4.69) is 20.6 Å². The molecular formula is C29H28N6O7. The number of rotatable bonds is 3. The van der Waals surface area contributed by atoms with Crippen LogP contribution in [0.15, 0.2) is 61.1 Å². The number of hydrogen-bond acceptors (Lipinski definition) is 9. The number of nitrogens with one attached hydrogen (secondary N) is 2. The summed E-state index contributed by atoms with van der Waals surface area (Å²) in [6.45, 7) is 0.310. The molecule has 2 aromatic heterocycles. The lowest BCUT2D eigenvalue weighted by Gasteiger charge is -2.22. The lowest BCUT2D eigenvalue weighted by Crippen LogP contribution is -2.45. The molecule has 0 aliphatic carbocycles. The number of benzene rings is 2. The topological polar surface area (TPSA) is 146 Å². The Kier molecular flexibility index (Phi) is 7.21. The molecule has 4 bridgehead atoms. The summed E-state index contributed by atoms with van der Waals surface area (Å²) in [5, 5.41) is 5.81. The van der Waals surface area contributed by atoms with Crippen molar-refractivity contribution in [3.05, 3.63) is 77.9 Å². The van der Waals surface area contributed by atoms with Gasteiger partial charge in [0.15, 0.2) is 6.61 Å². The van der Waals surface area contributed by atoms with Crippen LogP contribution in [0.5, 0.6) is 23.0 Å². The van der Waals surface area contributed by atoms with Gasteiger partial charge in [0.1, 0.15) is 34.8 Å². The predicted molar refractivity (Wildman–Crippen MR) is 148 cm³/mol. The number of hydrogen-bond donors (Lipinski definition) is 2.